The van der Waals surface area contributed by atoms with Crippen LogP contribution in [-0.2, 0) is 0 Å². The van der Waals surface area contributed by atoms with Crippen LogP contribution >= 0.6 is 0 Å². The van der Waals surface area contributed by atoms with Crippen molar-refractivity contribution in [2.75, 3.05) is 4.90 Å². The van der Waals surface area contributed by atoms with Crippen LogP contribution in [0, 0.1) is 6.92 Å². The minimum Gasteiger partial charge on any atom is -0.478 e. The summed E-state index contributed by atoms with van der Waals surface area (Å²) in [5.41, 5.74) is 2.46. The number of hydrogen-bond acceptors (Lipinski definition) is 5. The topological polar surface area (TPSA) is 95.7 Å². The summed E-state index contributed by atoms with van der Waals surface area (Å²) in [5.74, 6) is -0.217. The molecule has 0 aliphatic carbocycles. The van der Waals surface area contributed by atoms with Gasteiger partial charge >= 0.3 is 5.97 Å². The minimum absolute atomic E-state index is 0.0624. The molecule has 0 saturated carbocycles. The van der Waals surface area contributed by atoms with E-state index in [2.05, 4.69) is 15.2 Å². The van der Waals surface area contributed by atoms with Gasteiger partial charge in [0, 0.05) is 40.8 Å². The van der Waals surface area contributed by atoms with Crippen LogP contribution in [0.15, 0.2) is 47.2 Å². The standard InChI is InChI=1S/C23H23N3O4/c1-13-19(6-2-14-8-9-30-21(13)14)22(27)25-16-10-17-4-5-18(11-16)26(17)20-7-3-15(12-24-20)23(28)29/h2-3,6-9,12,16-18H,4-5,10-11H2,1H3,(H,25,27)(H,28,29). The first-order valence-electron chi connectivity index (χ1n) is 10.3. The van der Waals surface area contributed by atoms with Gasteiger partial charge in [0.15, 0.2) is 0 Å². The third kappa shape index (κ3) is 3.10. The summed E-state index contributed by atoms with van der Waals surface area (Å²) in [6.45, 7) is 1.92. The number of aryl methyl sites for hydroxylation is 1. The number of hydrogen-bond donors (Lipinski definition) is 2. The Morgan fingerprint density at radius 2 is 1.90 bits per heavy atom. The number of nitrogens with zero attached hydrogens (tertiary/aromatic N) is 2. The molecule has 2 bridgehead atoms. The first-order valence-corrected chi connectivity index (χ1v) is 10.3. The second-order valence-corrected chi connectivity index (χ2v) is 8.22. The average molecular weight is 405 g/mol. The Bertz CT molecular complexity index is 1110. The average Bonchev–Trinajstić information content (AvgIpc) is 3.31. The fourth-order valence-electron chi connectivity index (χ4n) is 5.02. The van der Waals surface area contributed by atoms with Gasteiger partial charge in [0.05, 0.1) is 11.8 Å². The molecule has 1 aromatic carbocycles. The molecule has 5 rings (SSSR count). The van der Waals surface area contributed by atoms with Gasteiger partial charge in [-0.3, -0.25) is 4.79 Å². The molecule has 7 heteroatoms. The van der Waals surface area contributed by atoms with Gasteiger partial charge in [-0.2, -0.15) is 0 Å². The fraction of sp³-hybridized carbons (Fsp3) is 0.348. The second kappa shape index (κ2) is 7.16. The number of carbonyl (C=O) groups excluding carboxylic acids is 1. The van der Waals surface area contributed by atoms with Gasteiger partial charge in [-0.15, -0.1) is 0 Å². The summed E-state index contributed by atoms with van der Waals surface area (Å²) in [6, 6.07) is 9.77. The van der Waals surface area contributed by atoms with Crippen molar-refractivity contribution >= 4 is 28.7 Å². The van der Waals surface area contributed by atoms with Gasteiger partial charge in [0.25, 0.3) is 5.91 Å². The van der Waals surface area contributed by atoms with E-state index in [1.807, 2.05) is 25.1 Å². The van der Waals surface area contributed by atoms with Gasteiger partial charge in [-0.25, -0.2) is 9.78 Å². The Balaban J connectivity index is 1.30. The molecule has 2 fully saturated rings. The van der Waals surface area contributed by atoms with Crippen LogP contribution in [0.5, 0.6) is 0 Å². The van der Waals surface area contributed by atoms with Gasteiger partial charge in [0.2, 0.25) is 0 Å². The molecule has 154 valence electrons. The number of aromatic nitrogens is 1. The van der Waals surface area contributed by atoms with Crippen molar-refractivity contribution < 1.29 is 19.1 Å². The molecule has 2 atom stereocenters. The smallest absolute Gasteiger partial charge is 0.337 e. The lowest BCUT2D eigenvalue weighted by molar-refractivity contribution is 0.0696. The summed E-state index contributed by atoms with van der Waals surface area (Å²) in [7, 11) is 0. The Morgan fingerprint density at radius 1 is 1.13 bits per heavy atom. The van der Waals surface area contributed by atoms with Crippen LogP contribution in [0.1, 0.15) is 52.0 Å². The molecule has 2 aromatic heterocycles. The second-order valence-electron chi connectivity index (χ2n) is 8.22. The van der Waals surface area contributed by atoms with E-state index in [0.29, 0.717) is 17.6 Å². The van der Waals surface area contributed by atoms with E-state index in [9.17, 15) is 9.59 Å². The van der Waals surface area contributed by atoms with Crippen LogP contribution in [0.3, 0.4) is 0 Å². The predicted octanol–water partition coefficient (Wildman–Crippen LogP) is 3.76. The highest BCUT2D eigenvalue weighted by Crippen LogP contribution is 2.38. The van der Waals surface area contributed by atoms with Crippen molar-refractivity contribution in [1.82, 2.24) is 10.3 Å². The monoisotopic (exact) mass is 405 g/mol. The lowest BCUT2D eigenvalue weighted by Gasteiger charge is -2.40. The Morgan fingerprint density at radius 3 is 2.57 bits per heavy atom. The van der Waals surface area contributed by atoms with Crippen molar-refractivity contribution in [3.63, 3.8) is 0 Å². The maximum atomic E-state index is 13.0. The van der Waals surface area contributed by atoms with E-state index >= 15 is 0 Å². The molecule has 1 amide bonds. The lowest BCUT2D eigenvalue weighted by atomic mass is 9.96. The zero-order valence-electron chi connectivity index (χ0n) is 16.7. The van der Waals surface area contributed by atoms with Crippen molar-refractivity contribution in [2.24, 2.45) is 0 Å². The SMILES string of the molecule is Cc1c(C(=O)NC2CC3CCC(C2)N3c2ccc(C(=O)O)cn2)ccc2ccoc12. The number of furan rings is 1. The van der Waals surface area contributed by atoms with Crippen molar-refractivity contribution in [2.45, 2.75) is 50.7 Å². The largest absolute Gasteiger partial charge is 0.478 e. The minimum atomic E-state index is -0.971. The highest BCUT2D eigenvalue weighted by atomic mass is 16.4. The van der Waals surface area contributed by atoms with Gasteiger partial charge in [0.1, 0.15) is 11.4 Å². The maximum Gasteiger partial charge on any atom is 0.337 e. The van der Waals surface area contributed by atoms with Gasteiger partial charge in [-0.1, -0.05) is 6.07 Å². The third-order valence-corrected chi connectivity index (χ3v) is 6.44. The lowest BCUT2D eigenvalue weighted by Crippen LogP contribution is -2.50. The number of piperidine rings is 1. The van der Waals surface area contributed by atoms with Gasteiger partial charge in [-0.05, 0) is 56.9 Å². The van der Waals surface area contributed by atoms with E-state index in [0.717, 1.165) is 48.0 Å². The molecular weight excluding hydrogens is 382 g/mol. The number of carboxylic acid groups (broad SMARTS) is 1. The highest BCUT2D eigenvalue weighted by Gasteiger charge is 2.41. The molecule has 2 saturated heterocycles. The van der Waals surface area contributed by atoms with Crippen molar-refractivity contribution in [3.8, 4) is 0 Å². The Kier molecular flexibility index (Phi) is 4.46. The van der Waals surface area contributed by atoms with E-state index in [4.69, 9.17) is 9.52 Å². The number of carbonyl (C=O) groups is 2. The number of fused-ring (bicyclic) bond motifs is 3. The zero-order chi connectivity index (χ0) is 20.8. The molecule has 30 heavy (non-hydrogen) atoms. The Labute approximate surface area is 173 Å². The predicted molar refractivity (Wildman–Crippen MR) is 112 cm³/mol. The van der Waals surface area contributed by atoms with Crippen LogP contribution in [0.2, 0.25) is 0 Å². The molecule has 3 aromatic rings. The first-order chi connectivity index (χ1) is 14.5. The number of nitrogens with one attached hydrogen (secondary N) is 1. The van der Waals surface area contributed by atoms with Crippen LogP contribution in [0.25, 0.3) is 11.0 Å². The van der Waals surface area contributed by atoms with Crippen LogP contribution in [0.4, 0.5) is 5.82 Å². The molecular formula is C23H23N3O4. The molecule has 2 aliphatic rings. The number of carboxylic acids is 1. The van der Waals surface area contributed by atoms with Crippen LogP contribution < -0.4 is 10.2 Å². The van der Waals surface area contributed by atoms with Crippen molar-refractivity contribution in [1.29, 1.82) is 0 Å². The van der Waals surface area contributed by atoms with Gasteiger partial charge < -0.3 is 19.7 Å². The number of anilines is 1. The zero-order valence-corrected chi connectivity index (χ0v) is 16.7. The highest BCUT2D eigenvalue weighted by molar-refractivity contribution is 6.00. The molecule has 7 nitrogen and oxygen atoms in total. The number of pyridine rings is 1. The summed E-state index contributed by atoms with van der Waals surface area (Å²) in [6.07, 6.45) is 6.87. The number of rotatable bonds is 4. The molecule has 2 N–H and O–H groups in total. The molecule has 4 heterocycles. The Hall–Kier alpha value is -3.35. The fourth-order valence-corrected chi connectivity index (χ4v) is 5.02. The summed E-state index contributed by atoms with van der Waals surface area (Å²) >= 11 is 0. The van der Waals surface area contributed by atoms with Crippen LogP contribution in [-0.4, -0.2) is 40.1 Å². The maximum absolute atomic E-state index is 13.0. The molecule has 2 unspecified atom stereocenters. The summed E-state index contributed by atoms with van der Waals surface area (Å²) in [4.78, 5) is 30.7. The van der Waals surface area contributed by atoms with Crippen molar-refractivity contribution in [3.05, 3.63) is 59.5 Å². The normalized spacial score (nSPS) is 23.0. The van der Waals surface area contributed by atoms with E-state index < -0.39 is 5.97 Å². The summed E-state index contributed by atoms with van der Waals surface area (Å²) in [5, 5.41) is 13.3. The molecule has 0 spiro atoms. The van der Waals surface area contributed by atoms with E-state index in [-0.39, 0.29) is 17.5 Å². The number of benzene rings is 1. The first kappa shape index (κ1) is 18.7. The quantitative estimate of drug-likeness (QED) is 0.686. The number of aromatic carboxylic acids is 1. The molecule has 0 radical (unpaired) electrons. The van der Waals surface area contributed by atoms with E-state index in [1.165, 1.54) is 6.20 Å². The summed E-state index contributed by atoms with van der Waals surface area (Å²) < 4.78 is 5.53. The molecule has 2 aliphatic heterocycles. The third-order valence-electron chi connectivity index (χ3n) is 6.44. The number of amides is 1. The van der Waals surface area contributed by atoms with E-state index in [1.54, 1.807) is 18.4 Å².